The Hall–Kier alpha value is -4.59. The molecule has 2 aromatic heterocycles. The number of benzene rings is 2. The molecule has 4 aromatic rings. The zero-order chi connectivity index (χ0) is 25.4. The highest BCUT2D eigenvalue weighted by molar-refractivity contribution is 6.08. The minimum atomic E-state index is -0.783. The van der Waals surface area contributed by atoms with Gasteiger partial charge in [-0.2, -0.15) is 5.10 Å². The van der Waals surface area contributed by atoms with Crippen molar-refractivity contribution in [1.82, 2.24) is 5.01 Å². The molecule has 1 aliphatic carbocycles. The SMILES string of the molecule is O=C(OCC(=O)N1N=C2C(=Cc3ccco3)CCCC2C1c1ccco1)c1cc2ccccc2cc1O. The number of hydrogen-bond acceptors (Lipinski definition) is 7. The van der Waals surface area contributed by atoms with Crippen LogP contribution in [0.5, 0.6) is 5.75 Å². The Kier molecular flexibility index (Phi) is 5.84. The average molecular weight is 497 g/mol. The Morgan fingerprint density at radius 1 is 1.05 bits per heavy atom. The van der Waals surface area contributed by atoms with E-state index in [0.717, 1.165) is 47.1 Å². The van der Waals surface area contributed by atoms with Crippen molar-refractivity contribution < 1.29 is 28.3 Å². The van der Waals surface area contributed by atoms with E-state index in [1.807, 2.05) is 48.5 Å². The summed E-state index contributed by atoms with van der Waals surface area (Å²) in [6.07, 6.45) is 7.74. The largest absolute Gasteiger partial charge is 0.507 e. The van der Waals surface area contributed by atoms with Gasteiger partial charge in [-0.3, -0.25) is 4.79 Å². The van der Waals surface area contributed by atoms with E-state index in [2.05, 4.69) is 0 Å². The number of allylic oxidation sites excluding steroid dienone is 1. The van der Waals surface area contributed by atoms with E-state index in [9.17, 15) is 14.7 Å². The summed E-state index contributed by atoms with van der Waals surface area (Å²) in [4.78, 5) is 26.1. The van der Waals surface area contributed by atoms with Crippen LogP contribution < -0.4 is 0 Å². The molecule has 1 aliphatic heterocycles. The highest BCUT2D eigenvalue weighted by atomic mass is 16.5. The topological polar surface area (TPSA) is 105 Å². The van der Waals surface area contributed by atoms with Crippen LogP contribution in [0.2, 0.25) is 0 Å². The van der Waals surface area contributed by atoms with Gasteiger partial charge in [0.25, 0.3) is 5.91 Å². The van der Waals surface area contributed by atoms with Crippen molar-refractivity contribution in [1.29, 1.82) is 0 Å². The predicted molar refractivity (Wildman–Crippen MR) is 136 cm³/mol. The molecule has 8 nitrogen and oxygen atoms in total. The van der Waals surface area contributed by atoms with Crippen LogP contribution in [0.1, 0.15) is 47.2 Å². The van der Waals surface area contributed by atoms with Gasteiger partial charge < -0.3 is 18.7 Å². The number of amides is 1. The number of phenolic OH excluding ortho intramolecular Hbond substituents is 1. The lowest BCUT2D eigenvalue weighted by Crippen LogP contribution is -2.34. The number of nitrogens with zero attached hydrogens (tertiary/aromatic N) is 2. The van der Waals surface area contributed by atoms with Gasteiger partial charge in [0.1, 0.15) is 28.9 Å². The summed E-state index contributed by atoms with van der Waals surface area (Å²) in [5.41, 5.74) is 1.83. The third kappa shape index (κ3) is 4.31. The molecule has 2 aliphatic rings. The standard InChI is InChI=1S/C29H24N2O6/c32-24-16-19-7-2-1-6-18(19)15-23(24)29(34)37-17-26(33)31-28(25-11-5-13-36-25)22-10-3-8-20(27(22)30-31)14-21-9-4-12-35-21/h1-2,4-7,9,11-16,22,28,32H,3,8,10,17H2. The Bertz CT molecular complexity index is 1520. The van der Waals surface area contributed by atoms with Gasteiger partial charge in [-0.15, -0.1) is 0 Å². The molecule has 6 rings (SSSR count). The quantitative estimate of drug-likeness (QED) is 0.355. The van der Waals surface area contributed by atoms with Gasteiger partial charge in [0.05, 0.1) is 18.2 Å². The lowest BCUT2D eigenvalue weighted by Gasteiger charge is -2.27. The van der Waals surface area contributed by atoms with Gasteiger partial charge in [0, 0.05) is 5.92 Å². The number of carbonyl (C=O) groups is 2. The first-order chi connectivity index (χ1) is 18.1. The Labute approximate surface area is 212 Å². The summed E-state index contributed by atoms with van der Waals surface area (Å²) >= 11 is 0. The average Bonchev–Trinajstić information content (AvgIpc) is 3.68. The van der Waals surface area contributed by atoms with Crippen molar-refractivity contribution in [2.45, 2.75) is 25.3 Å². The molecule has 2 aromatic carbocycles. The van der Waals surface area contributed by atoms with Gasteiger partial charge in [-0.25, -0.2) is 9.80 Å². The first-order valence-electron chi connectivity index (χ1n) is 12.2. The molecule has 0 radical (unpaired) electrons. The van der Waals surface area contributed by atoms with Crippen LogP contribution in [0.4, 0.5) is 0 Å². The summed E-state index contributed by atoms with van der Waals surface area (Å²) in [5, 5.41) is 18.0. The molecule has 37 heavy (non-hydrogen) atoms. The monoisotopic (exact) mass is 496 g/mol. The number of hydrogen-bond donors (Lipinski definition) is 1. The molecule has 1 fully saturated rings. The molecule has 0 saturated heterocycles. The highest BCUT2D eigenvalue weighted by Gasteiger charge is 2.45. The number of hydrazone groups is 1. The van der Waals surface area contributed by atoms with E-state index in [4.69, 9.17) is 18.7 Å². The second kappa shape index (κ2) is 9.46. The number of furan rings is 2. The third-order valence-electron chi connectivity index (χ3n) is 6.86. The fraction of sp³-hybridized carbons (Fsp3) is 0.207. The van der Waals surface area contributed by atoms with E-state index in [1.165, 1.54) is 11.1 Å². The molecule has 8 heteroatoms. The first-order valence-corrected chi connectivity index (χ1v) is 12.2. The maximum absolute atomic E-state index is 13.4. The maximum atomic E-state index is 13.4. The molecule has 0 spiro atoms. The summed E-state index contributed by atoms with van der Waals surface area (Å²) in [6.45, 7) is -0.525. The number of rotatable bonds is 5. The van der Waals surface area contributed by atoms with E-state index < -0.39 is 24.5 Å². The molecular formula is C29H24N2O6. The van der Waals surface area contributed by atoms with Gasteiger partial charge in [-0.1, -0.05) is 24.3 Å². The minimum absolute atomic E-state index is 0.000780. The molecule has 0 bridgehead atoms. The van der Waals surface area contributed by atoms with Gasteiger partial charge in [0.15, 0.2) is 6.61 Å². The predicted octanol–water partition coefficient (Wildman–Crippen LogP) is 5.71. The molecule has 1 amide bonds. The minimum Gasteiger partial charge on any atom is -0.507 e. The van der Waals surface area contributed by atoms with Crippen LogP contribution in [0.25, 0.3) is 16.8 Å². The van der Waals surface area contributed by atoms with Gasteiger partial charge in [0.2, 0.25) is 0 Å². The Morgan fingerprint density at radius 2 is 1.84 bits per heavy atom. The molecule has 186 valence electrons. The van der Waals surface area contributed by atoms with Crippen LogP contribution in [0.15, 0.2) is 92.7 Å². The van der Waals surface area contributed by atoms with Crippen LogP contribution >= 0.6 is 0 Å². The first kappa shape index (κ1) is 22.8. The van der Waals surface area contributed by atoms with E-state index >= 15 is 0 Å². The second-order valence-electron chi connectivity index (χ2n) is 9.16. The summed E-state index contributed by atoms with van der Waals surface area (Å²) < 4.78 is 16.5. The number of aromatic hydroxyl groups is 1. The zero-order valence-corrected chi connectivity index (χ0v) is 19.9. The second-order valence-corrected chi connectivity index (χ2v) is 9.16. The van der Waals surface area contributed by atoms with Crippen molar-refractivity contribution in [2.24, 2.45) is 11.0 Å². The third-order valence-corrected chi connectivity index (χ3v) is 6.86. The van der Waals surface area contributed by atoms with Crippen molar-refractivity contribution in [2.75, 3.05) is 6.61 Å². The maximum Gasteiger partial charge on any atom is 0.342 e. The van der Waals surface area contributed by atoms with Gasteiger partial charge in [-0.05, 0) is 78.1 Å². The van der Waals surface area contributed by atoms with Crippen molar-refractivity contribution in [3.63, 3.8) is 0 Å². The van der Waals surface area contributed by atoms with Crippen molar-refractivity contribution >= 4 is 34.4 Å². The molecule has 3 heterocycles. The summed E-state index contributed by atoms with van der Waals surface area (Å²) in [6, 6.07) is 17.3. The lowest BCUT2D eigenvalue weighted by molar-refractivity contribution is -0.137. The fourth-order valence-electron chi connectivity index (χ4n) is 5.15. The van der Waals surface area contributed by atoms with E-state index in [1.54, 1.807) is 24.7 Å². The van der Waals surface area contributed by atoms with E-state index in [0.29, 0.717) is 5.76 Å². The highest BCUT2D eigenvalue weighted by Crippen LogP contribution is 2.44. The molecular weight excluding hydrogens is 472 g/mol. The normalized spacial score (nSPS) is 20.2. The molecule has 2 atom stereocenters. The van der Waals surface area contributed by atoms with Crippen LogP contribution in [-0.4, -0.2) is 34.3 Å². The van der Waals surface area contributed by atoms with Crippen LogP contribution in [-0.2, 0) is 9.53 Å². The molecule has 1 saturated carbocycles. The van der Waals surface area contributed by atoms with Crippen molar-refractivity contribution in [3.05, 3.63) is 95.8 Å². The van der Waals surface area contributed by atoms with Crippen LogP contribution in [0, 0.1) is 5.92 Å². The van der Waals surface area contributed by atoms with E-state index in [-0.39, 0.29) is 17.2 Å². The lowest BCUT2D eigenvalue weighted by atomic mass is 9.79. The summed E-state index contributed by atoms with van der Waals surface area (Å²) in [7, 11) is 0. The molecule has 1 N–H and O–H groups in total. The van der Waals surface area contributed by atoms with Crippen LogP contribution in [0.3, 0.4) is 0 Å². The number of carbonyl (C=O) groups excluding carboxylic acids is 2. The van der Waals surface area contributed by atoms with Crippen molar-refractivity contribution in [3.8, 4) is 5.75 Å². The number of phenols is 1. The Morgan fingerprint density at radius 3 is 2.59 bits per heavy atom. The zero-order valence-electron chi connectivity index (χ0n) is 19.9. The molecule has 2 unspecified atom stereocenters. The number of esters is 1. The Balaban J connectivity index is 1.25. The van der Waals surface area contributed by atoms with Gasteiger partial charge >= 0.3 is 5.97 Å². The number of fused-ring (bicyclic) bond motifs is 2. The fourth-order valence-corrected chi connectivity index (χ4v) is 5.15. The summed E-state index contributed by atoms with van der Waals surface area (Å²) in [5.74, 6) is -0.171. The number of ether oxygens (including phenoxy) is 1. The smallest absolute Gasteiger partial charge is 0.342 e.